The zero-order valence-electron chi connectivity index (χ0n) is 17.8. The molecule has 8 heteroatoms. The molecule has 0 aliphatic carbocycles. The van der Waals surface area contributed by atoms with Crippen molar-refractivity contribution in [3.8, 4) is 0 Å². The summed E-state index contributed by atoms with van der Waals surface area (Å²) in [6, 6.07) is 11.0. The van der Waals surface area contributed by atoms with Crippen molar-refractivity contribution in [1.82, 2.24) is 9.29 Å². The highest BCUT2D eigenvalue weighted by Crippen LogP contribution is 2.34. The van der Waals surface area contributed by atoms with Crippen LogP contribution >= 0.6 is 0 Å². The standard InChI is InChI=1S/C24H24FN3O3S/c1-16-13-21(20-7-5-18(25)15-22(20)26-16)24(29)28-12-9-17-14-19(6-8-23(17)28)32(30,31)27-10-3-2-4-11-27/h5-8,13-15H,2-4,9-12H2,1H3. The summed E-state index contributed by atoms with van der Waals surface area (Å²) in [5.74, 6) is -0.597. The summed E-state index contributed by atoms with van der Waals surface area (Å²) in [6.07, 6.45) is 3.41. The molecule has 32 heavy (non-hydrogen) atoms. The Morgan fingerprint density at radius 2 is 1.78 bits per heavy atom. The number of nitrogens with zero attached hydrogens (tertiary/aromatic N) is 3. The molecular formula is C24H24FN3O3S. The zero-order chi connectivity index (χ0) is 22.5. The van der Waals surface area contributed by atoms with E-state index in [9.17, 15) is 17.6 Å². The maximum Gasteiger partial charge on any atom is 0.259 e. The maximum atomic E-state index is 13.7. The van der Waals surface area contributed by atoms with Crippen molar-refractivity contribution in [2.24, 2.45) is 0 Å². The van der Waals surface area contributed by atoms with E-state index in [1.54, 1.807) is 46.5 Å². The van der Waals surface area contributed by atoms with Gasteiger partial charge in [-0.05, 0) is 68.1 Å². The number of rotatable bonds is 3. The molecule has 6 nitrogen and oxygen atoms in total. The monoisotopic (exact) mass is 453 g/mol. The van der Waals surface area contributed by atoms with Gasteiger partial charge in [0.05, 0.1) is 16.0 Å². The van der Waals surface area contributed by atoms with E-state index in [4.69, 9.17) is 0 Å². The number of halogens is 1. The minimum Gasteiger partial charge on any atom is -0.308 e. The van der Waals surface area contributed by atoms with Crippen molar-refractivity contribution >= 4 is 32.5 Å². The summed E-state index contributed by atoms with van der Waals surface area (Å²) >= 11 is 0. The average molecular weight is 454 g/mol. The molecule has 2 aromatic carbocycles. The summed E-state index contributed by atoms with van der Waals surface area (Å²) in [7, 11) is -3.53. The topological polar surface area (TPSA) is 70.6 Å². The van der Waals surface area contributed by atoms with Crippen LogP contribution in [0, 0.1) is 12.7 Å². The molecule has 2 aliphatic heterocycles. The largest absolute Gasteiger partial charge is 0.308 e. The van der Waals surface area contributed by atoms with Gasteiger partial charge in [-0.15, -0.1) is 0 Å². The highest BCUT2D eigenvalue weighted by Gasteiger charge is 2.31. The van der Waals surface area contributed by atoms with E-state index in [0.29, 0.717) is 48.2 Å². The van der Waals surface area contributed by atoms with Crippen molar-refractivity contribution in [2.75, 3.05) is 24.5 Å². The third kappa shape index (κ3) is 3.57. The summed E-state index contributed by atoms with van der Waals surface area (Å²) in [6.45, 7) is 3.35. The van der Waals surface area contributed by atoms with Crippen molar-refractivity contribution < 1.29 is 17.6 Å². The summed E-state index contributed by atoms with van der Waals surface area (Å²) < 4.78 is 41.3. The van der Waals surface area contributed by atoms with Crippen LogP contribution < -0.4 is 4.90 Å². The Morgan fingerprint density at radius 3 is 2.56 bits per heavy atom. The first-order valence-corrected chi connectivity index (χ1v) is 12.3. The lowest BCUT2D eigenvalue weighted by molar-refractivity contribution is 0.0991. The lowest BCUT2D eigenvalue weighted by atomic mass is 10.1. The molecule has 0 atom stereocenters. The number of carbonyl (C=O) groups excluding carboxylic acids is 1. The number of benzene rings is 2. The molecule has 0 N–H and O–H groups in total. The molecule has 0 unspecified atom stereocenters. The summed E-state index contributed by atoms with van der Waals surface area (Å²) in [5.41, 5.74) is 3.10. The molecule has 1 aromatic heterocycles. The molecule has 1 saturated heterocycles. The second-order valence-corrected chi connectivity index (χ2v) is 10.4. The number of fused-ring (bicyclic) bond motifs is 2. The zero-order valence-corrected chi connectivity index (χ0v) is 18.7. The molecule has 1 amide bonds. The molecule has 1 fully saturated rings. The molecule has 3 aromatic rings. The van der Waals surface area contributed by atoms with E-state index in [0.717, 1.165) is 30.5 Å². The van der Waals surface area contributed by atoms with Gasteiger partial charge in [-0.2, -0.15) is 4.31 Å². The Balaban J connectivity index is 1.49. The van der Waals surface area contributed by atoms with Crippen molar-refractivity contribution in [2.45, 2.75) is 37.5 Å². The van der Waals surface area contributed by atoms with Crippen molar-refractivity contribution in [3.05, 3.63) is 65.1 Å². The van der Waals surface area contributed by atoms with E-state index in [1.165, 1.54) is 12.1 Å². The summed E-state index contributed by atoms with van der Waals surface area (Å²) in [4.78, 5) is 19.8. The van der Waals surface area contributed by atoms with Crippen molar-refractivity contribution in [3.63, 3.8) is 0 Å². The first kappa shape index (κ1) is 21.0. The predicted octanol–water partition coefficient (Wildman–Crippen LogP) is 4.06. The molecule has 0 radical (unpaired) electrons. The highest BCUT2D eigenvalue weighted by molar-refractivity contribution is 7.89. The van der Waals surface area contributed by atoms with Crippen LogP contribution in [0.4, 0.5) is 10.1 Å². The second-order valence-electron chi connectivity index (χ2n) is 8.43. The van der Waals surface area contributed by atoms with Gasteiger partial charge in [0, 0.05) is 42.5 Å². The lowest BCUT2D eigenvalue weighted by Gasteiger charge is -2.26. The maximum absolute atomic E-state index is 13.7. The van der Waals surface area contributed by atoms with Gasteiger partial charge >= 0.3 is 0 Å². The van der Waals surface area contributed by atoms with Crippen LogP contribution in [0.1, 0.15) is 40.9 Å². The van der Waals surface area contributed by atoms with Gasteiger partial charge in [-0.25, -0.2) is 12.8 Å². The number of pyridine rings is 1. The smallest absolute Gasteiger partial charge is 0.259 e. The molecule has 0 bridgehead atoms. The Labute approximate surface area is 186 Å². The Kier molecular flexibility index (Phi) is 5.22. The van der Waals surface area contributed by atoms with Crippen LogP contribution in [0.2, 0.25) is 0 Å². The van der Waals surface area contributed by atoms with Gasteiger partial charge < -0.3 is 4.90 Å². The van der Waals surface area contributed by atoms with Crippen LogP contribution in [0.15, 0.2) is 47.4 Å². The first-order chi connectivity index (χ1) is 15.3. The predicted molar refractivity (Wildman–Crippen MR) is 121 cm³/mol. The fraction of sp³-hybridized carbons (Fsp3) is 0.333. The number of piperidine rings is 1. The SMILES string of the molecule is Cc1cc(C(=O)N2CCc3cc(S(=O)(=O)N4CCCCC4)ccc32)c2ccc(F)cc2n1. The number of carbonyl (C=O) groups is 1. The van der Waals surface area contributed by atoms with E-state index < -0.39 is 15.8 Å². The quantitative estimate of drug-likeness (QED) is 0.600. The van der Waals surface area contributed by atoms with Gasteiger partial charge in [0.15, 0.2) is 0 Å². The number of hydrogen-bond donors (Lipinski definition) is 0. The van der Waals surface area contributed by atoms with Gasteiger partial charge in [0.1, 0.15) is 5.82 Å². The lowest BCUT2D eigenvalue weighted by Crippen LogP contribution is -2.35. The van der Waals surface area contributed by atoms with Crippen LogP contribution in [-0.4, -0.2) is 43.2 Å². The van der Waals surface area contributed by atoms with Crippen LogP contribution in [0.25, 0.3) is 10.9 Å². The third-order valence-corrected chi connectivity index (χ3v) is 8.17. The molecule has 2 aliphatic rings. The molecule has 0 spiro atoms. The van der Waals surface area contributed by atoms with Crippen LogP contribution in [-0.2, 0) is 16.4 Å². The van der Waals surface area contributed by atoms with Gasteiger partial charge in [-0.1, -0.05) is 6.42 Å². The number of hydrogen-bond acceptors (Lipinski definition) is 4. The second kappa shape index (κ2) is 7.94. The van der Waals surface area contributed by atoms with E-state index in [2.05, 4.69) is 4.98 Å². The molecule has 3 heterocycles. The number of aromatic nitrogens is 1. The third-order valence-electron chi connectivity index (χ3n) is 6.27. The fourth-order valence-electron chi connectivity index (χ4n) is 4.66. The molecule has 5 rings (SSSR count). The average Bonchev–Trinajstić information content (AvgIpc) is 3.21. The number of anilines is 1. The minimum absolute atomic E-state index is 0.197. The number of sulfonamides is 1. The van der Waals surface area contributed by atoms with Gasteiger partial charge in [0.25, 0.3) is 5.91 Å². The van der Waals surface area contributed by atoms with Gasteiger partial charge in [-0.3, -0.25) is 9.78 Å². The summed E-state index contributed by atoms with van der Waals surface area (Å²) in [5, 5.41) is 0.597. The Hall–Kier alpha value is -2.84. The fourth-order valence-corrected chi connectivity index (χ4v) is 6.23. The molecule has 0 saturated carbocycles. The number of amides is 1. The van der Waals surface area contributed by atoms with E-state index >= 15 is 0 Å². The normalized spacial score (nSPS) is 17.0. The highest BCUT2D eigenvalue weighted by atomic mass is 32.2. The molecule has 166 valence electrons. The van der Waals surface area contributed by atoms with Crippen LogP contribution in [0.5, 0.6) is 0 Å². The van der Waals surface area contributed by atoms with Crippen LogP contribution in [0.3, 0.4) is 0 Å². The van der Waals surface area contributed by atoms with Gasteiger partial charge in [0.2, 0.25) is 10.0 Å². The van der Waals surface area contributed by atoms with E-state index in [1.807, 2.05) is 0 Å². The van der Waals surface area contributed by atoms with Crippen molar-refractivity contribution in [1.29, 1.82) is 0 Å². The minimum atomic E-state index is -3.53. The Bertz CT molecular complexity index is 1330. The number of aryl methyl sites for hydroxylation is 1. The van der Waals surface area contributed by atoms with E-state index in [-0.39, 0.29) is 10.8 Å². The Morgan fingerprint density at radius 1 is 1.00 bits per heavy atom. The molecular weight excluding hydrogens is 429 g/mol. The first-order valence-electron chi connectivity index (χ1n) is 10.9.